The second kappa shape index (κ2) is 5.81. The molecule has 0 saturated carbocycles. The first-order valence-electron chi connectivity index (χ1n) is 4.63. The van der Waals surface area contributed by atoms with Crippen LogP contribution in [-0.2, 0) is 11.3 Å². The summed E-state index contributed by atoms with van der Waals surface area (Å²) in [6.07, 6.45) is 0.521. The maximum Gasteiger partial charge on any atom is 0.221 e. The largest absolute Gasteiger partial charge is 0.352 e. The van der Waals surface area contributed by atoms with E-state index in [0.717, 1.165) is 5.56 Å². The van der Waals surface area contributed by atoms with Gasteiger partial charge in [-0.2, -0.15) is 0 Å². The second-order valence-electron chi connectivity index (χ2n) is 3.25. The van der Waals surface area contributed by atoms with E-state index < -0.39 is 0 Å². The highest BCUT2D eigenvalue weighted by Crippen LogP contribution is 2.03. The van der Waals surface area contributed by atoms with Gasteiger partial charge in [0.1, 0.15) is 0 Å². The maximum absolute atomic E-state index is 11.3. The van der Waals surface area contributed by atoms with Crippen LogP contribution in [0.2, 0.25) is 0 Å². The second-order valence-corrected chi connectivity index (χ2v) is 4.81. The molecule has 3 heteroatoms. The Kier molecular flexibility index (Phi) is 4.66. The fraction of sp³-hybridized carbons (Fsp3) is 0.364. The smallest absolute Gasteiger partial charge is 0.221 e. The lowest BCUT2D eigenvalue weighted by molar-refractivity contribution is -0.121. The summed E-state index contributed by atoms with van der Waals surface area (Å²) in [6, 6.07) is 9.89. The van der Waals surface area contributed by atoms with Crippen LogP contribution in [0, 0.1) is 0 Å². The van der Waals surface area contributed by atoms with E-state index in [-0.39, 0.29) is 10.7 Å². The van der Waals surface area contributed by atoms with Gasteiger partial charge in [0, 0.05) is 17.8 Å². The summed E-state index contributed by atoms with van der Waals surface area (Å²) >= 11 is 3.34. The Balaban J connectivity index is 2.31. The topological polar surface area (TPSA) is 29.1 Å². The number of carbonyl (C=O) groups is 1. The molecular formula is C11H14BrNO. The van der Waals surface area contributed by atoms with Crippen molar-refractivity contribution < 1.29 is 4.79 Å². The van der Waals surface area contributed by atoms with Gasteiger partial charge in [-0.3, -0.25) is 4.79 Å². The van der Waals surface area contributed by atoms with Gasteiger partial charge in [0.15, 0.2) is 0 Å². The minimum absolute atomic E-state index is 0.0817. The van der Waals surface area contributed by atoms with Gasteiger partial charge >= 0.3 is 0 Å². The molecule has 0 aliphatic rings. The molecule has 0 aromatic heterocycles. The quantitative estimate of drug-likeness (QED) is 0.824. The molecule has 0 heterocycles. The molecule has 1 unspecified atom stereocenters. The van der Waals surface area contributed by atoms with E-state index in [1.165, 1.54) is 0 Å². The Bertz CT molecular complexity index is 285. The molecule has 0 aliphatic carbocycles. The molecule has 1 aromatic rings. The summed E-state index contributed by atoms with van der Waals surface area (Å²) in [7, 11) is 0. The summed E-state index contributed by atoms with van der Waals surface area (Å²) in [4.78, 5) is 11.5. The van der Waals surface area contributed by atoms with E-state index >= 15 is 0 Å². The standard InChI is InChI=1S/C11H14BrNO/c1-9(12)7-11(14)13-8-10-5-3-2-4-6-10/h2-6,9H,7-8H2,1H3,(H,13,14). The van der Waals surface area contributed by atoms with Gasteiger partial charge in [0.05, 0.1) is 0 Å². The van der Waals surface area contributed by atoms with Gasteiger partial charge in [0.2, 0.25) is 5.91 Å². The van der Waals surface area contributed by atoms with Crippen LogP contribution in [0.5, 0.6) is 0 Å². The fourth-order valence-corrected chi connectivity index (χ4v) is 1.42. The Morgan fingerprint density at radius 1 is 1.43 bits per heavy atom. The number of benzene rings is 1. The molecule has 0 fully saturated rings. The molecule has 1 N–H and O–H groups in total. The van der Waals surface area contributed by atoms with Crippen LogP contribution < -0.4 is 5.32 Å². The fourth-order valence-electron chi connectivity index (χ4n) is 1.12. The molecule has 0 spiro atoms. The lowest BCUT2D eigenvalue weighted by Gasteiger charge is -2.05. The number of halogens is 1. The summed E-state index contributed by atoms with van der Waals surface area (Å²) in [5, 5.41) is 2.86. The Morgan fingerprint density at radius 2 is 2.07 bits per heavy atom. The summed E-state index contributed by atoms with van der Waals surface area (Å²) in [6.45, 7) is 2.57. The highest BCUT2D eigenvalue weighted by atomic mass is 79.9. The van der Waals surface area contributed by atoms with E-state index in [0.29, 0.717) is 13.0 Å². The lowest BCUT2D eigenvalue weighted by Crippen LogP contribution is -2.24. The molecular weight excluding hydrogens is 242 g/mol. The Hall–Kier alpha value is -0.830. The summed E-state index contributed by atoms with van der Waals surface area (Å²) in [5.41, 5.74) is 1.13. The Morgan fingerprint density at radius 3 is 2.64 bits per heavy atom. The normalized spacial score (nSPS) is 12.1. The molecule has 2 nitrogen and oxygen atoms in total. The third-order valence-electron chi connectivity index (χ3n) is 1.80. The zero-order valence-electron chi connectivity index (χ0n) is 8.16. The first-order valence-corrected chi connectivity index (χ1v) is 5.54. The van der Waals surface area contributed by atoms with Crippen LogP contribution in [0.1, 0.15) is 18.9 Å². The van der Waals surface area contributed by atoms with Crippen molar-refractivity contribution in [1.29, 1.82) is 0 Å². The third kappa shape index (κ3) is 4.42. The van der Waals surface area contributed by atoms with Gasteiger partial charge in [-0.15, -0.1) is 0 Å². The van der Waals surface area contributed by atoms with Gasteiger partial charge in [-0.05, 0) is 5.56 Å². The van der Waals surface area contributed by atoms with Crippen LogP contribution in [0.25, 0.3) is 0 Å². The Labute approximate surface area is 92.8 Å². The molecule has 1 rings (SSSR count). The number of amides is 1. The molecule has 14 heavy (non-hydrogen) atoms. The van der Waals surface area contributed by atoms with Crippen LogP contribution in [0.15, 0.2) is 30.3 Å². The monoisotopic (exact) mass is 255 g/mol. The summed E-state index contributed by atoms with van der Waals surface area (Å²) in [5.74, 6) is 0.0817. The maximum atomic E-state index is 11.3. The van der Waals surface area contributed by atoms with E-state index in [2.05, 4.69) is 21.2 Å². The predicted molar refractivity (Wildman–Crippen MR) is 61.3 cm³/mol. The van der Waals surface area contributed by atoms with Crippen molar-refractivity contribution in [3.63, 3.8) is 0 Å². The number of carbonyl (C=O) groups excluding carboxylic acids is 1. The number of rotatable bonds is 4. The van der Waals surface area contributed by atoms with Crippen LogP contribution in [-0.4, -0.2) is 10.7 Å². The van der Waals surface area contributed by atoms with E-state index in [1.807, 2.05) is 37.3 Å². The number of hydrogen-bond donors (Lipinski definition) is 1. The van der Waals surface area contributed by atoms with Crippen molar-refractivity contribution in [2.75, 3.05) is 0 Å². The highest BCUT2D eigenvalue weighted by Gasteiger charge is 2.04. The molecule has 0 radical (unpaired) electrons. The molecule has 1 atom stereocenters. The zero-order valence-corrected chi connectivity index (χ0v) is 9.75. The lowest BCUT2D eigenvalue weighted by atomic mass is 10.2. The van der Waals surface area contributed by atoms with E-state index in [9.17, 15) is 4.79 Å². The molecule has 1 amide bonds. The number of hydrogen-bond acceptors (Lipinski definition) is 1. The minimum Gasteiger partial charge on any atom is -0.352 e. The summed E-state index contributed by atoms with van der Waals surface area (Å²) < 4.78 is 0. The first-order chi connectivity index (χ1) is 6.68. The average Bonchev–Trinajstić information content (AvgIpc) is 2.15. The molecule has 0 aliphatic heterocycles. The molecule has 0 bridgehead atoms. The van der Waals surface area contributed by atoms with E-state index in [4.69, 9.17) is 0 Å². The van der Waals surface area contributed by atoms with Gasteiger partial charge < -0.3 is 5.32 Å². The molecule has 1 aromatic carbocycles. The van der Waals surface area contributed by atoms with Crippen LogP contribution >= 0.6 is 15.9 Å². The SMILES string of the molecule is CC(Br)CC(=O)NCc1ccccc1. The minimum atomic E-state index is 0.0817. The predicted octanol–water partition coefficient (Wildman–Crippen LogP) is 2.48. The molecule has 76 valence electrons. The van der Waals surface area contributed by atoms with Crippen molar-refractivity contribution in [2.45, 2.75) is 24.7 Å². The van der Waals surface area contributed by atoms with Gasteiger partial charge in [-0.25, -0.2) is 0 Å². The first kappa shape index (κ1) is 11.2. The van der Waals surface area contributed by atoms with Gasteiger partial charge in [0.25, 0.3) is 0 Å². The third-order valence-corrected chi connectivity index (χ3v) is 2.12. The zero-order chi connectivity index (χ0) is 10.4. The highest BCUT2D eigenvalue weighted by molar-refractivity contribution is 9.09. The van der Waals surface area contributed by atoms with Gasteiger partial charge in [-0.1, -0.05) is 53.2 Å². The van der Waals surface area contributed by atoms with Crippen molar-refractivity contribution >= 4 is 21.8 Å². The van der Waals surface area contributed by atoms with Crippen molar-refractivity contribution in [2.24, 2.45) is 0 Å². The van der Waals surface area contributed by atoms with E-state index in [1.54, 1.807) is 0 Å². The van der Waals surface area contributed by atoms with Crippen LogP contribution in [0.4, 0.5) is 0 Å². The number of nitrogens with one attached hydrogen (secondary N) is 1. The number of alkyl halides is 1. The van der Waals surface area contributed by atoms with Crippen molar-refractivity contribution in [3.05, 3.63) is 35.9 Å². The van der Waals surface area contributed by atoms with Crippen molar-refractivity contribution in [3.8, 4) is 0 Å². The molecule has 0 saturated heterocycles. The average molecular weight is 256 g/mol. The van der Waals surface area contributed by atoms with Crippen molar-refractivity contribution in [1.82, 2.24) is 5.32 Å². The van der Waals surface area contributed by atoms with Crippen LogP contribution in [0.3, 0.4) is 0 Å².